The first kappa shape index (κ1) is 12.4. The number of aromatic nitrogens is 2. The van der Waals surface area contributed by atoms with Crippen LogP contribution in [-0.4, -0.2) is 16.5 Å². The third kappa shape index (κ3) is 2.41. The van der Waals surface area contributed by atoms with Gasteiger partial charge in [0.25, 0.3) is 0 Å². The van der Waals surface area contributed by atoms with Gasteiger partial charge in [0.1, 0.15) is 11.8 Å². The summed E-state index contributed by atoms with van der Waals surface area (Å²) in [5.74, 6) is 0.705. The fourth-order valence-corrected chi connectivity index (χ4v) is 2.31. The second-order valence-electron chi connectivity index (χ2n) is 4.71. The van der Waals surface area contributed by atoms with Crippen LogP contribution in [-0.2, 0) is 6.42 Å². The third-order valence-corrected chi connectivity index (χ3v) is 3.19. The number of nitrogens with zero attached hydrogens (tertiary/aromatic N) is 3. The van der Waals surface area contributed by atoms with Gasteiger partial charge in [0.2, 0.25) is 0 Å². The van der Waals surface area contributed by atoms with Gasteiger partial charge in [-0.15, -0.1) is 0 Å². The van der Waals surface area contributed by atoms with Crippen LogP contribution in [0.2, 0.25) is 0 Å². The van der Waals surface area contributed by atoms with Gasteiger partial charge in [-0.2, -0.15) is 10.2 Å². The van der Waals surface area contributed by atoms with Gasteiger partial charge in [-0.25, -0.2) is 4.98 Å². The van der Waals surface area contributed by atoms with E-state index in [4.69, 9.17) is 10.00 Å². The number of benzene rings is 1. The number of hydrogen-bond acceptors (Lipinski definition) is 5. The molecule has 0 fully saturated rings. The second kappa shape index (κ2) is 5.17. The predicted octanol–water partition coefficient (Wildman–Crippen LogP) is 2.81. The van der Waals surface area contributed by atoms with Crippen molar-refractivity contribution in [2.75, 3.05) is 11.9 Å². The molecule has 0 saturated carbocycles. The Morgan fingerprint density at radius 3 is 3.10 bits per heavy atom. The normalized spacial score (nSPS) is 13.0. The number of para-hydroxylation sites is 1. The second-order valence-corrected chi connectivity index (χ2v) is 4.71. The standard InChI is InChI=1S/C15H14N4O/c1-10-8-12(9-16)19-15(18-10)20-13-6-2-4-11-5-3-7-17-14(11)13/h2,4,6,8,17H,3,5,7H2,1H3. The van der Waals surface area contributed by atoms with Gasteiger partial charge in [0, 0.05) is 12.2 Å². The molecule has 3 rings (SSSR count). The lowest BCUT2D eigenvalue weighted by Gasteiger charge is -2.20. The van der Waals surface area contributed by atoms with Gasteiger partial charge in [-0.3, -0.25) is 0 Å². The van der Waals surface area contributed by atoms with Crippen molar-refractivity contribution >= 4 is 5.69 Å². The molecule has 2 aromatic rings. The molecule has 1 aromatic heterocycles. The maximum absolute atomic E-state index is 8.94. The lowest BCUT2D eigenvalue weighted by molar-refractivity contribution is 0.440. The van der Waals surface area contributed by atoms with E-state index in [-0.39, 0.29) is 6.01 Å². The van der Waals surface area contributed by atoms with Crippen LogP contribution in [0.25, 0.3) is 0 Å². The molecule has 5 nitrogen and oxygen atoms in total. The van der Waals surface area contributed by atoms with Crippen LogP contribution in [0.5, 0.6) is 11.8 Å². The van der Waals surface area contributed by atoms with E-state index in [0.717, 1.165) is 25.1 Å². The quantitative estimate of drug-likeness (QED) is 0.905. The van der Waals surface area contributed by atoms with Crippen LogP contribution < -0.4 is 10.1 Å². The van der Waals surface area contributed by atoms with E-state index in [2.05, 4.69) is 21.4 Å². The van der Waals surface area contributed by atoms with E-state index in [1.807, 2.05) is 25.1 Å². The molecule has 0 spiro atoms. The molecule has 5 heteroatoms. The Labute approximate surface area is 117 Å². The lowest BCUT2D eigenvalue weighted by Crippen LogP contribution is -2.12. The topological polar surface area (TPSA) is 70.8 Å². The molecule has 0 aliphatic carbocycles. The zero-order valence-corrected chi connectivity index (χ0v) is 11.2. The minimum absolute atomic E-state index is 0.210. The van der Waals surface area contributed by atoms with E-state index in [0.29, 0.717) is 17.1 Å². The van der Waals surface area contributed by atoms with E-state index < -0.39 is 0 Å². The van der Waals surface area contributed by atoms with Crippen LogP contribution >= 0.6 is 0 Å². The number of nitrogens with one attached hydrogen (secondary N) is 1. The van der Waals surface area contributed by atoms with Gasteiger partial charge in [-0.05, 0) is 37.5 Å². The van der Waals surface area contributed by atoms with Crippen molar-refractivity contribution in [2.24, 2.45) is 0 Å². The Kier molecular flexibility index (Phi) is 3.21. The monoisotopic (exact) mass is 266 g/mol. The van der Waals surface area contributed by atoms with Gasteiger partial charge in [0.15, 0.2) is 5.75 Å². The summed E-state index contributed by atoms with van der Waals surface area (Å²) in [6, 6.07) is 9.78. The highest BCUT2D eigenvalue weighted by molar-refractivity contribution is 5.63. The number of nitriles is 1. The molecule has 0 unspecified atom stereocenters. The molecule has 0 radical (unpaired) electrons. The fourth-order valence-electron chi connectivity index (χ4n) is 2.31. The van der Waals surface area contributed by atoms with Crippen molar-refractivity contribution in [1.82, 2.24) is 9.97 Å². The minimum Gasteiger partial charge on any atom is -0.422 e. The smallest absolute Gasteiger partial charge is 0.323 e. The fraction of sp³-hybridized carbons (Fsp3) is 0.267. The first-order valence-electron chi connectivity index (χ1n) is 6.55. The highest BCUT2D eigenvalue weighted by atomic mass is 16.5. The number of ether oxygens (including phenoxy) is 1. The maximum atomic E-state index is 8.94. The summed E-state index contributed by atoms with van der Waals surface area (Å²) in [4.78, 5) is 8.29. The summed E-state index contributed by atoms with van der Waals surface area (Å²) < 4.78 is 5.76. The van der Waals surface area contributed by atoms with Crippen LogP contribution in [0.3, 0.4) is 0 Å². The maximum Gasteiger partial charge on any atom is 0.323 e. The molecule has 1 N–H and O–H groups in total. The average Bonchev–Trinajstić information content (AvgIpc) is 2.47. The Morgan fingerprint density at radius 2 is 2.25 bits per heavy atom. The highest BCUT2D eigenvalue weighted by Crippen LogP contribution is 2.34. The Hall–Kier alpha value is -2.61. The molecule has 0 amide bonds. The van der Waals surface area contributed by atoms with Crippen LogP contribution in [0.4, 0.5) is 5.69 Å². The zero-order valence-electron chi connectivity index (χ0n) is 11.2. The van der Waals surface area contributed by atoms with Gasteiger partial charge in [-0.1, -0.05) is 12.1 Å². The lowest BCUT2D eigenvalue weighted by atomic mass is 10.0. The summed E-state index contributed by atoms with van der Waals surface area (Å²) in [6.07, 6.45) is 2.16. The third-order valence-electron chi connectivity index (χ3n) is 3.19. The molecule has 1 aliphatic rings. The molecule has 100 valence electrons. The summed E-state index contributed by atoms with van der Waals surface area (Å²) in [6.45, 7) is 2.75. The number of rotatable bonds is 2. The first-order chi connectivity index (χ1) is 9.76. The van der Waals surface area contributed by atoms with Gasteiger partial charge >= 0.3 is 6.01 Å². The molecule has 2 heterocycles. The Balaban J connectivity index is 1.96. The van der Waals surface area contributed by atoms with Gasteiger partial charge in [0.05, 0.1) is 5.69 Å². The Bertz CT molecular complexity index is 691. The number of aryl methyl sites for hydroxylation is 2. The summed E-state index contributed by atoms with van der Waals surface area (Å²) in [5.41, 5.74) is 3.26. The van der Waals surface area contributed by atoms with Crippen LogP contribution in [0, 0.1) is 18.3 Å². The molecule has 0 saturated heterocycles. The molecule has 0 bridgehead atoms. The van der Waals surface area contributed by atoms with Crippen molar-refractivity contribution in [3.63, 3.8) is 0 Å². The largest absolute Gasteiger partial charge is 0.422 e. The number of anilines is 1. The molecular weight excluding hydrogens is 252 g/mol. The van der Waals surface area contributed by atoms with Crippen molar-refractivity contribution < 1.29 is 4.74 Å². The summed E-state index contributed by atoms with van der Waals surface area (Å²) in [5, 5.41) is 12.3. The van der Waals surface area contributed by atoms with Crippen LogP contribution in [0.1, 0.15) is 23.4 Å². The molecule has 1 aromatic carbocycles. The van der Waals surface area contributed by atoms with Crippen molar-refractivity contribution in [1.29, 1.82) is 5.26 Å². The molecule has 20 heavy (non-hydrogen) atoms. The van der Waals surface area contributed by atoms with Crippen molar-refractivity contribution in [3.05, 3.63) is 41.2 Å². The van der Waals surface area contributed by atoms with Crippen LogP contribution in [0.15, 0.2) is 24.3 Å². The number of fused-ring (bicyclic) bond motifs is 1. The molecular formula is C15H14N4O. The van der Waals surface area contributed by atoms with E-state index >= 15 is 0 Å². The average molecular weight is 266 g/mol. The Morgan fingerprint density at radius 1 is 1.35 bits per heavy atom. The SMILES string of the molecule is Cc1cc(C#N)nc(Oc2cccc3c2NCCC3)n1. The molecule has 1 aliphatic heterocycles. The predicted molar refractivity (Wildman–Crippen MR) is 74.8 cm³/mol. The first-order valence-corrected chi connectivity index (χ1v) is 6.55. The summed E-state index contributed by atoms with van der Waals surface area (Å²) >= 11 is 0. The number of hydrogen-bond donors (Lipinski definition) is 1. The highest BCUT2D eigenvalue weighted by Gasteiger charge is 2.15. The van der Waals surface area contributed by atoms with E-state index in [9.17, 15) is 0 Å². The molecule has 0 atom stereocenters. The van der Waals surface area contributed by atoms with Gasteiger partial charge < -0.3 is 10.1 Å². The minimum atomic E-state index is 0.210. The zero-order chi connectivity index (χ0) is 13.9. The van der Waals surface area contributed by atoms with E-state index in [1.165, 1.54) is 5.56 Å². The van der Waals surface area contributed by atoms with E-state index in [1.54, 1.807) is 6.07 Å². The van der Waals surface area contributed by atoms with Crippen molar-refractivity contribution in [3.8, 4) is 17.8 Å². The van der Waals surface area contributed by atoms with Crippen molar-refractivity contribution in [2.45, 2.75) is 19.8 Å². The summed E-state index contributed by atoms with van der Waals surface area (Å²) in [7, 11) is 0.